The van der Waals surface area contributed by atoms with Crippen molar-refractivity contribution in [3.8, 4) is 5.75 Å². The van der Waals surface area contributed by atoms with E-state index < -0.39 is 5.76 Å². The highest BCUT2D eigenvalue weighted by molar-refractivity contribution is 6.11. The van der Waals surface area contributed by atoms with Crippen molar-refractivity contribution in [1.82, 2.24) is 4.98 Å². The van der Waals surface area contributed by atoms with Crippen LogP contribution in [0.25, 0.3) is 11.1 Å². The molecule has 0 bridgehead atoms. The number of carbonyl (C=O) groups is 1. The first kappa shape index (κ1) is 13.2. The molecule has 0 spiro atoms. The number of H-pyrrole nitrogens is 1. The lowest BCUT2D eigenvalue weighted by molar-refractivity contribution is 0.103. The lowest BCUT2D eigenvalue weighted by Gasteiger charge is -2.08. The molecule has 0 aliphatic carbocycles. The molecule has 0 saturated heterocycles. The monoisotopic (exact) mass is 283 g/mol. The van der Waals surface area contributed by atoms with Gasteiger partial charge in [0.05, 0.1) is 18.2 Å². The molecule has 3 rings (SSSR count). The van der Waals surface area contributed by atoms with Crippen LogP contribution in [0.1, 0.15) is 21.5 Å². The molecule has 0 amide bonds. The fourth-order valence-corrected chi connectivity index (χ4v) is 2.24. The Morgan fingerprint density at radius 1 is 1.19 bits per heavy atom. The number of carbonyl (C=O) groups excluding carboxylic acids is 1. The second-order valence-corrected chi connectivity index (χ2v) is 4.76. The lowest BCUT2D eigenvalue weighted by Crippen LogP contribution is -2.04. The van der Waals surface area contributed by atoms with Gasteiger partial charge in [-0.2, -0.15) is 0 Å². The van der Waals surface area contributed by atoms with Crippen LogP contribution < -0.4 is 10.5 Å². The largest absolute Gasteiger partial charge is 0.496 e. The van der Waals surface area contributed by atoms with E-state index in [4.69, 9.17) is 9.15 Å². The van der Waals surface area contributed by atoms with Crippen LogP contribution in [0.15, 0.2) is 45.6 Å². The van der Waals surface area contributed by atoms with E-state index >= 15 is 0 Å². The minimum atomic E-state index is -0.539. The molecule has 0 unspecified atom stereocenters. The Kier molecular flexibility index (Phi) is 3.10. The summed E-state index contributed by atoms with van der Waals surface area (Å²) in [7, 11) is 1.52. The topological polar surface area (TPSA) is 72.3 Å². The van der Waals surface area contributed by atoms with Crippen LogP contribution in [-0.4, -0.2) is 17.9 Å². The van der Waals surface area contributed by atoms with Crippen molar-refractivity contribution in [2.75, 3.05) is 7.11 Å². The third kappa shape index (κ3) is 2.33. The predicted octanol–water partition coefficient (Wildman–Crippen LogP) is 2.67. The van der Waals surface area contributed by atoms with E-state index in [2.05, 4.69) is 4.98 Å². The van der Waals surface area contributed by atoms with Gasteiger partial charge >= 0.3 is 5.76 Å². The van der Waals surface area contributed by atoms with Gasteiger partial charge in [0, 0.05) is 5.56 Å². The minimum Gasteiger partial charge on any atom is -0.496 e. The number of aromatic amines is 1. The Morgan fingerprint density at radius 3 is 2.76 bits per heavy atom. The summed E-state index contributed by atoms with van der Waals surface area (Å²) in [6.07, 6.45) is 0. The predicted molar refractivity (Wildman–Crippen MR) is 78.0 cm³/mol. The van der Waals surface area contributed by atoms with E-state index in [1.807, 2.05) is 13.0 Å². The first-order chi connectivity index (χ1) is 10.1. The summed E-state index contributed by atoms with van der Waals surface area (Å²) in [5, 5.41) is 0. The van der Waals surface area contributed by atoms with Crippen LogP contribution in [-0.2, 0) is 0 Å². The smallest absolute Gasteiger partial charge is 0.417 e. The third-order valence-corrected chi connectivity index (χ3v) is 3.28. The lowest BCUT2D eigenvalue weighted by atomic mass is 10.0. The Hall–Kier alpha value is -2.82. The molecule has 0 radical (unpaired) electrons. The molecule has 0 fully saturated rings. The van der Waals surface area contributed by atoms with Gasteiger partial charge in [0.15, 0.2) is 11.4 Å². The maximum atomic E-state index is 12.6. The molecule has 5 nitrogen and oxygen atoms in total. The van der Waals surface area contributed by atoms with Crippen molar-refractivity contribution in [3.63, 3.8) is 0 Å². The number of rotatable bonds is 3. The van der Waals surface area contributed by atoms with Gasteiger partial charge in [-0.25, -0.2) is 4.79 Å². The Labute approximate surface area is 120 Å². The van der Waals surface area contributed by atoms with Crippen molar-refractivity contribution < 1.29 is 13.9 Å². The molecular weight excluding hydrogens is 270 g/mol. The zero-order chi connectivity index (χ0) is 15.0. The Morgan fingerprint density at radius 2 is 2.00 bits per heavy atom. The minimum absolute atomic E-state index is 0.179. The number of oxazole rings is 1. The third-order valence-electron chi connectivity index (χ3n) is 3.28. The number of nitrogens with one attached hydrogen (secondary N) is 1. The van der Waals surface area contributed by atoms with E-state index in [0.717, 1.165) is 5.56 Å². The Balaban J connectivity index is 2.11. The average molecular weight is 283 g/mol. The molecule has 1 N–H and O–H groups in total. The van der Waals surface area contributed by atoms with E-state index in [1.54, 1.807) is 30.3 Å². The van der Waals surface area contributed by atoms with Crippen LogP contribution in [0, 0.1) is 6.92 Å². The van der Waals surface area contributed by atoms with Crippen molar-refractivity contribution in [3.05, 3.63) is 63.6 Å². The van der Waals surface area contributed by atoms with Gasteiger partial charge in [-0.15, -0.1) is 0 Å². The highest BCUT2D eigenvalue weighted by atomic mass is 16.5. The number of methoxy groups -OCH3 is 1. The molecule has 1 heterocycles. The molecule has 21 heavy (non-hydrogen) atoms. The molecule has 0 saturated carbocycles. The van der Waals surface area contributed by atoms with Crippen molar-refractivity contribution in [2.24, 2.45) is 0 Å². The summed E-state index contributed by atoms with van der Waals surface area (Å²) in [5.41, 5.74) is 2.81. The number of ether oxygens (including phenoxy) is 1. The summed E-state index contributed by atoms with van der Waals surface area (Å²) in [6.45, 7) is 1.91. The van der Waals surface area contributed by atoms with E-state index in [1.165, 1.54) is 7.11 Å². The number of aryl methyl sites for hydroxylation is 1. The molecule has 0 aliphatic rings. The zero-order valence-corrected chi connectivity index (χ0v) is 11.6. The summed E-state index contributed by atoms with van der Waals surface area (Å²) in [4.78, 5) is 26.3. The highest BCUT2D eigenvalue weighted by Crippen LogP contribution is 2.24. The fourth-order valence-electron chi connectivity index (χ4n) is 2.24. The molecular formula is C16H13NO4. The number of hydrogen-bond acceptors (Lipinski definition) is 4. The second-order valence-electron chi connectivity index (χ2n) is 4.76. The van der Waals surface area contributed by atoms with Gasteiger partial charge in [0.1, 0.15) is 5.75 Å². The van der Waals surface area contributed by atoms with Gasteiger partial charge < -0.3 is 9.15 Å². The second kappa shape index (κ2) is 4.94. The van der Waals surface area contributed by atoms with Crippen LogP contribution in [0.2, 0.25) is 0 Å². The van der Waals surface area contributed by atoms with Crippen molar-refractivity contribution in [2.45, 2.75) is 6.92 Å². The molecule has 0 aliphatic heterocycles. The molecule has 0 atom stereocenters. The van der Waals surface area contributed by atoms with E-state index in [-0.39, 0.29) is 5.78 Å². The number of fused-ring (bicyclic) bond motifs is 1. The highest BCUT2D eigenvalue weighted by Gasteiger charge is 2.16. The van der Waals surface area contributed by atoms with Crippen LogP contribution >= 0.6 is 0 Å². The van der Waals surface area contributed by atoms with Gasteiger partial charge in [0.25, 0.3) is 0 Å². The molecule has 1 aromatic heterocycles. The standard InChI is InChI=1S/C16H13NO4/c1-9-3-6-13(20-2)11(7-9)15(18)10-4-5-12-14(8-10)21-16(19)17-12/h3-8H,1-2H3,(H,17,19). The average Bonchev–Trinajstić information content (AvgIpc) is 2.85. The summed E-state index contributed by atoms with van der Waals surface area (Å²) in [6, 6.07) is 10.3. The van der Waals surface area contributed by atoms with Gasteiger partial charge in [-0.1, -0.05) is 11.6 Å². The van der Waals surface area contributed by atoms with Crippen LogP contribution in [0.3, 0.4) is 0 Å². The van der Waals surface area contributed by atoms with Gasteiger partial charge in [-0.05, 0) is 37.3 Å². The summed E-state index contributed by atoms with van der Waals surface area (Å²) < 4.78 is 10.2. The molecule has 106 valence electrons. The maximum absolute atomic E-state index is 12.6. The summed E-state index contributed by atoms with van der Waals surface area (Å²) in [5.74, 6) is -0.203. The first-order valence-corrected chi connectivity index (χ1v) is 6.40. The van der Waals surface area contributed by atoms with E-state index in [0.29, 0.717) is 28.0 Å². The van der Waals surface area contributed by atoms with Gasteiger partial charge in [0.2, 0.25) is 0 Å². The fraction of sp³-hybridized carbons (Fsp3) is 0.125. The molecule has 2 aromatic carbocycles. The Bertz CT molecular complexity index is 889. The van der Waals surface area contributed by atoms with Crippen LogP contribution in [0.5, 0.6) is 5.75 Å². The summed E-state index contributed by atoms with van der Waals surface area (Å²) >= 11 is 0. The normalized spacial score (nSPS) is 10.8. The van der Waals surface area contributed by atoms with Gasteiger partial charge in [-0.3, -0.25) is 9.78 Å². The van der Waals surface area contributed by atoms with Crippen molar-refractivity contribution in [1.29, 1.82) is 0 Å². The van der Waals surface area contributed by atoms with E-state index in [9.17, 15) is 9.59 Å². The molecule has 5 heteroatoms. The SMILES string of the molecule is COc1ccc(C)cc1C(=O)c1ccc2[nH]c(=O)oc2c1. The quantitative estimate of drug-likeness (QED) is 0.750. The molecule has 3 aromatic rings. The maximum Gasteiger partial charge on any atom is 0.417 e. The number of aromatic nitrogens is 1. The number of benzene rings is 2. The zero-order valence-electron chi connectivity index (χ0n) is 11.6. The van der Waals surface area contributed by atoms with Crippen LogP contribution in [0.4, 0.5) is 0 Å². The number of hydrogen-bond donors (Lipinski definition) is 1. The van der Waals surface area contributed by atoms with Crippen molar-refractivity contribution >= 4 is 16.9 Å². The first-order valence-electron chi connectivity index (χ1n) is 6.40. The number of ketones is 1.